The Morgan fingerprint density at radius 3 is 2.40 bits per heavy atom. The first-order valence-electron chi connectivity index (χ1n) is 7.59. The lowest BCUT2D eigenvalue weighted by Gasteiger charge is -2.30. The van der Waals surface area contributed by atoms with Crippen LogP contribution < -0.4 is 14.8 Å². The molecule has 1 unspecified atom stereocenters. The van der Waals surface area contributed by atoms with Crippen LogP contribution in [0, 0.1) is 0 Å². The summed E-state index contributed by atoms with van der Waals surface area (Å²) in [6.07, 6.45) is 1.55. The summed E-state index contributed by atoms with van der Waals surface area (Å²) in [6.45, 7) is 0. The maximum absolute atomic E-state index is 12.5. The van der Waals surface area contributed by atoms with Crippen LogP contribution in [-0.4, -0.2) is 43.5 Å². The predicted octanol–water partition coefficient (Wildman–Crippen LogP) is 2.04. The molecule has 2 amide bonds. The number of hydrogen-bond donors (Lipinski definition) is 2. The maximum Gasteiger partial charge on any atom is 0.261 e. The molecular formula is C18H18N2O4S. The highest BCUT2D eigenvalue weighted by Gasteiger charge is 2.32. The van der Waals surface area contributed by atoms with Gasteiger partial charge >= 0.3 is 0 Å². The van der Waals surface area contributed by atoms with Crippen molar-refractivity contribution in [1.29, 1.82) is 0 Å². The molecule has 0 radical (unpaired) electrons. The van der Waals surface area contributed by atoms with E-state index in [0.29, 0.717) is 17.1 Å². The van der Waals surface area contributed by atoms with Gasteiger partial charge in [0.15, 0.2) is 0 Å². The number of hydrogen-bond acceptors (Lipinski definition) is 5. The van der Waals surface area contributed by atoms with Crippen molar-refractivity contribution in [3.05, 3.63) is 41.5 Å². The highest BCUT2D eigenvalue weighted by atomic mass is 32.1. The van der Waals surface area contributed by atoms with Gasteiger partial charge in [0.2, 0.25) is 0 Å². The predicted molar refractivity (Wildman–Crippen MR) is 98.7 cm³/mol. The fraction of sp³-hybridized carbons (Fsp3) is 0.222. The lowest BCUT2D eigenvalue weighted by Crippen LogP contribution is -2.53. The normalized spacial score (nSPS) is 19.3. The lowest BCUT2D eigenvalue weighted by molar-refractivity contribution is -0.134. The van der Waals surface area contributed by atoms with Crippen LogP contribution in [-0.2, 0) is 9.59 Å². The van der Waals surface area contributed by atoms with Crippen LogP contribution in [0.15, 0.2) is 35.9 Å². The van der Waals surface area contributed by atoms with Crippen molar-refractivity contribution >= 4 is 41.3 Å². The molecule has 6 nitrogen and oxygen atoms in total. The molecule has 0 aliphatic carbocycles. The number of rotatable bonds is 3. The summed E-state index contributed by atoms with van der Waals surface area (Å²) in [7, 11) is 4.69. The van der Waals surface area contributed by atoms with Gasteiger partial charge in [-0.2, -0.15) is 0 Å². The number of nitrogens with one attached hydrogen (secondary N) is 1. The molecule has 1 fully saturated rings. The number of thiol groups is 1. The number of methoxy groups -OCH3 is 2. The molecule has 130 valence electrons. The Kier molecular flexibility index (Phi) is 4.59. The van der Waals surface area contributed by atoms with Gasteiger partial charge in [-0.05, 0) is 11.5 Å². The Hall–Kier alpha value is -2.67. The van der Waals surface area contributed by atoms with Crippen molar-refractivity contribution < 1.29 is 19.1 Å². The number of nitrogens with zero attached hydrogens (tertiary/aromatic N) is 1. The fourth-order valence-electron chi connectivity index (χ4n) is 2.79. The number of fused-ring (bicyclic) bond motifs is 1. The number of carbonyl (C=O) groups excluding carboxylic acids is 2. The Morgan fingerprint density at radius 1 is 1.12 bits per heavy atom. The molecule has 3 rings (SSSR count). The van der Waals surface area contributed by atoms with Crippen molar-refractivity contribution in [2.75, 3.05) is 21.3 Å². The fourth-order valence-corrected chi connectivity index (χ4v) is 3.01. The Labute approximate surface area is 150 Å². The summed E-state index contributed by atoms with van der Waals surface area (Å²) >= 11 is 4.17. The highest BCUT2D eigenvalue weighted by Crippen LogP contribution is 2.37. The first-order chi connectivity index (χ1) is 12.0. The third-order valence-corrected chi connectivity index (χ3v) is 4.64. The van der Waals surface area contributed by atoms with Crippen molar-refractivity contribution in [3.8, 4) is 11.5 Å². The maximum atomic E-state index is 12.5. The molecule has 0 bridgehead atoms. The molecule has 7 heteroatoms. The van der Waals surface area contributed by atoms with E-state index in [2.05, 4.69) is 17.9 Å². The second-order valence-electron chi connectivity index (χ2n) is 5.56. The Bertz CT molecular complexity index is 894. The van der Waals surface area contributed by atoms with Crippen LogP contribution in [0.4, 0.5) is 0 Å². The summed E-state index contributed by atoms with van der Waals surface area (Å²) in [5.74, 6) is 0.302. The van der Waals surface area contributed by atoms with Gasteiger partial charge in [0.25, 0.3) is 11.8 Å². The van der Waals surface area contributed by atoms with E-state index < -0.39 is 17.3 Å². The van der Waals surface area contributed by atoms with Gasteiger partial charge in [-0.25, -0.2) is 0 Å². The van der Waals surface area contributed by atoms with Gasteiger partial charge in [0, 0.05) is 24.1 Å². The third-order valence-electron chi connectivity index (χ3n) is 4.16. The third kappa shape index (κ3) is 2.91. The number of amides is 2. The molecule has 1 N–H and O–H groups in total. The molecule has 2 aromatic carbocycles. The Balaban J connectivity index is 2.25. The topological polar surface area (TPSA) is 67.9 Å². The van der Waals surface area contributed by atoms with Crippen LogP contribution in [0.1, 0.15) is 5.56 Å². The van der Waals surface area contributed by atoms with Gasteiger partial charge in [0.1, 0.15) is 22.6 Å². The average Bonchev–Trinajstić information content (AvgIpc) is 2.63. The molecule has 0 spiro atoms. The first-order valence-corrected chi connectivity index (χ1v) is 8.11. The SMILES string of the molecule is COc1cc(OC)c2ccccc2c1/C=C1/C(=O)NC(S)N(C)C1=O. The minimum absolute atomic E-state index is 0.0291. The van der Waals surface area contributed by atoms with Crippen LogP contribution in [0.3, 0.4) is 0 Å². The van der Waals surface area contributed by atoms with E-state index in [1.165, 1.54) is 12.0 Å². The summed E-state index contributed by atoms with van der Waals surface area (Å²) in [4.78, 5) is 26.1. The molecule has 25 heavy (non-hydrogen) atoms. The quantitative estimate of drug-likeness (QED) is 0.501. The standard InChI is InChI=1S/C18H18N2O4S/c1-20-17(22)13(16(21)19-18(20)25)8-12-10-6-4-5-7-11(10)14(23-2)9-15(12)24-3/h4-9,18,25H,1-3H3,(H,19,21)/b13-8-. The average molecular weight is 358 g/mol. The monoisotopic (exact) mass is 358 g/mol. The van der Waals surface area contributed by atoms with E-state index in [1.807, 2.05) is 24.3 Å². The molecular weight excluding hydrogens is 340 g/mol. The van der Waals surface area contributed by atoms with Gasteiger partial charge in [-0.15, -0.1) is 12.6 Å². The number of ether oxygens (including phenoxy) is 2. The van der Waals surface area contributed by atoms with Crippen LogP contribution in [0.2, 0.25) is 0 Å². The van der Waals surface area contributed by atoms with E-state index in [-0.39, 0.29) is 5.57 Å². The molecule has 1 atom stereocenters. The zero-order valence-corrected chi connectivity index (χ0v) is 15.0. The molecule has 1 aliphatic rings. The van der Waals surface area contributed by atoms with E-state index in [9.17, 15) is 9.59 Å². The first kappa shape index (κ1) is 17.2. The number of benzene rings is 2. The molecule has 2 aromatic rings. The number of likely N-dealkylation sites (N-methyl/N-ethyl adjacent to an activating group) is 1. The Morgan fingerprint density at radius 2 is 1.76 bits per heavy atom. The van der Waals surface area contributed by atoms with Crippen molar-refractivity contribution in [3.63, 3.8) is 0 Å². The minimum atomic E-state index is -0.647. The van der Waals surface area contributed by atoms with Crippen molar-refractivity contribution in [1.82, 2.24) is 10.2 Å². The van der Waals surface area contributed by atoms with Gasteiger partial charge in [-0.3, -0.25) is 9.59 Å². The second kappa shape index (κ2) is 6.68. The molecule has 1 saturated heterocycles. The minimum Gasteiger partial charge on any atom is -0.496 e. The largest absolute Gasteiger partial charge is 0.496 e. The van der Waals surface area contributed by atoms with Crippen LogP contribution >= 0.6 is 12.6 Å². The van der Waals surface area contributed by atoms with E-state index >= 15 is 0 Å². The summed E-state index contributed by atoms with van der Waals surface area (Å²) < 4.78 is 10.9. The van der Waals surface area contributed by atoms with E-state index in [0.717, 1.165) is 10.8 Å². The van der Waals surface area contributed by atoms with Gasteiger partial charge in [0.05, 0.1) is 14.2 Å². The molecule has 1 aliphatic heterocycles. The molecule has 1 heterocycles. The number of carbonyl (C=O) groups is 2. The molecule has 0 saturated carbocycles. The van der Waals surface area contributed by atoms with Crippen LogP contribution in [0.5, 0.6) is 11.5 Å². The van der Waals surface area contributed by atoms with E-state index in [4.69, 9.17) is 9.47 Å². The van der Waals surface area contributed by atoms with E-state index in [1.54, 1.807) is 26.3 Å². The van der Waals surface area contributed by atoms with Crippen molar-refractivity contribution in [2.24, 2.45) is 0 Å². The summed E-state index contributed by atoms with van der Waals surface area (Å²) in [6, 6.07) is 9.32. The zero-order valence-electron chi connectivity index (χ0n) is 14.1. The van der Waals surface area contributed by atoms with Gasteiger partial charge in [-0.1, -0.05) is 24.3 Å². The lowest BCUT2D eigenvalue weighted by atomic mass is 9.99. The van der Waals surface area contributed by atoms with Crippen LogP contribution in [0.25, 0.3) is 16.8 Å². The molecule has 0 aromatic heterocycles. The smallest absolute Gasteiger partial charge is 0.261 e. The summed E-state index contributed by atoms with van der Waals surface area (Å²) in [5.41, 5.74) is 0.0245. The second-order valence-corrected chi connectivity index (χ2v) is 6.05. The highest BCUT2D eigenvalue weighted by molar-refractivity contribution is 7.80. The van der Waals surface area contributed by atoms with Crippen molar-refractivity contribution in [2.45, 2.75) is 5.50 Å². The van der Waals surface area contributed by atoms with Gasteiger partial charge < -0.3 is 19.7 Å². The zero-order chi connectivity index (χ0) is 18.1. The summed E-state index contributed by atoms with van der Waals surface area (Å²) in [5, 5.41) is 4.32.